The first kappa shape index (κ1) is 18.4. The zero-order valence-corrected chi connectivity index (χ0v) is 16.0. The molecule has 0 aromatic heterocycles. The van der Waals surface area contributed by atoms with Crippen LogP contribution >= 0.6 is 0 Å². The molecule has 0 unspecified atom stereocenters. The molecule has 2 amide bonds. The number of piperidine rings is 1. The summed E-state index contributed by atoms with van der Waals surface area (Å²) in [6.07, 6.45) is 2.60. The Morgan fingerprint density at radius 3 is 2.48 bits per heavy atom. The van der Waals surface area contributed by atoms with Gasteiger partial charge in [0.25, 0.3) is 0 Å². The molecule has 6 nitrogen and oxygen atoms in total. The number of carbonyl (C=O) groups excluding carboxylic acids is 2. The molecule has 146 valence electrons. The van der Waals surface area contributed by atoms with Crippen LogP contribution < -0.4 is 0 Å². The van der Waals surface area contributed by atoms with Crippen LogP contribution in [-0.2, 0) is 25.5 Å². The van der Waals surface area contributed by atoms with E-state index in [1.807, 2.05) is 9.80 Å². The van der Waals surface area contributed by atoms with Crippen molar-refractivity contribution < 1.29 is 19.1 Å². The summed E-state index contributed by atoms with van der Waals surface area (Å²) >= 11 is 0. The van der Waals surface area contributed by atoms with Gasteiger partial charge in [-0.3, -0.25) is 9.59 Å². The Bertz CT molecular complexity index is 687. The molecule has 1 atom stereocenters. The van der Waals surface area contributed by atoms with Crippen LogP contribution in [0.25, 0.3) is 0 Å². The van der Waals surface area contributed by atoms with Gasteiger partial charge in [0.2, 0.25) is 11.8 Å². The first-order chi connectivity index (χ1) is 13.0. The van der Waals surface area contributed by atoms with E-state index >= 15 is 0 Å². The molecule has 3 aliphatic rings. The lowest BCUT2D eigenvalue weighted by atomic mass is 10.0. The molecule has 3 heterocycles. The minimum absolute atomic E-state index is 0.0939. The van der Waals surface area contributed by atoms with E-state index in [1.54, 1.807) is 0 Å². The van der Waals surface area contributed by atoms with Crippen molar-refractivity contribution in [3.8, 4) is 0 Å². The lowest BCUT2D eigenvalue weighted by molar-refractivity contribution is -0.188. The number of rotatable bonds is 4. The number of ether oxygens (including phenoxy) is 2. The Labute approximate surface area is 160 Å². The highest BCUT2D eigenvalue weighted by Gasteiger charge is 2.43. The largest absolute Gasteiger partial charge is 0.347 e. The summed E-state index contributed by atoms with van der Waals surface area (Å²) in [4.78, 5) is 29.0. The predicted octanol–water partition coefficient (Wildman–Crippen LogP) is 1.75. The summed E-state index contributed by atoms with van der Waals surface area (Å²) in [6.45, 7) is 5.85. The second-order valence-electron chi connectivity index (χ2n) is 7.91. The number of carbonyl (C=O) groups is 2. The maximum absolute atomic E-state index is 12.9. The molecule has 4 rings (SSSR count). The fourth-order valence-corrected chi connectivity index (χ4v) is 4.28. The third-order valence-electron chi connectivity index (χ3n) is 6.01. The first-order valence-corrected chi connectivity index (χ1v) is 9.95. The zero-order chi connectivity index (χ0) is 18.9. The number of aryl methyl sites for hydroxylation is 1. The molecule has 3 saturated heterocycles. The number of hydrogen-bond acceptors (Lipinski definition) is 4. The highest BCUT2D eigenvalue weighted by molar-refractivity contribution is 5.89. The minimum atomic E-state index is -0.470. The average molecular weight is 372 g/mol. The van der Waals surface area contributed by atoms with Crippen LogP contribution in [0.15, 0.2) is 24.3 Å². The van der Waals surface area contributed by atoms with E-state index in [2.05, 4.69) is 31.2 Å². The Balaban J connectivity index is 1.28. The summed E-state index contributed by atoms with van der Waals surface area (Å²) in [5.41, 5.74) is 2.46. The van der Waals surface area contributed by atoms with E-state index in [1.165, 1.54) is 11.1 Å². The van der Waals surface area contributed by atoms with Crippen molar-refractivity contribution in [2.75, 3.05) is 39.4 Å². The van der Waals surface area contributed by atoms with Gasteiger partial charge in [-0.2, -0.15) is 0 Å². The van der Waals surface area contributed by atoms with Gasteiger partial charge in [0.05, 0.1) is 19.1 Å². The second-order valence-corrected chi connectivity index (χ2v) is 7.91. The normalized spacial score (nSPS) is 24.8. The van der Waals surface area contributed by atoms with Crippen molar-refractivity contribution in [1.82, 2.24) is 9.80 Å². The van der Waals surface area contributed by atoms with E-state index in [-0.39, 0.29) is 17.7 Å². The molecule has 0 aliphatic carbocycles. The summed E-state index contributed by atoms with van der Waals surface area (Å²) in [7, 11) is 0. The summed E-state index contributed by atoms with van der Waals surface area (Å²) in [6, 6.07) is 8.40. The van der Waals surface area contributed by atoms with Gasteiger partial charge in [0, 0.05) is 45.4 Å². The topological polar surface area (TPSA) is 59.1 Å². The number of hydrogen-bond donors (Lipinski definition) is 0. The predicted molar refractivity (Wildman–Crippen MR) is 100 cm³/mol. The minimum Gasteiger partial charge on any atom is -0.347 e. The summed E-state index contributed by atoms with van der Waals surface area (Å²) in [5, 5.41) is 0. The van der Waals surface area contributed by atoms with Gasteiger partial charge < -0.3 is 19.3 Å². The van der Waals surface area contributed by atoms with E-state index < -0.39 is 5.79 Å². The Morgan fingerprint density at radius 2 is 1.81 bits per heavy atom. The van der Waals surface area contributed by atoms with Crippen molar-refractivity contribution in [1.29, 1.82) is 0 Å². The standard InChI is InChI=1S/C21H28N2O4/c1-16-2-4-17(5-3-16)6-9-23-15-18(14-19(23)24)20(25)22-10-7-21(8-11-22)26-12-13-27-21/h2-5,18H,6-15H2,1H3/t18-/m1/s1. The van der Waals surface area contributed by atoms with Crippen molar-refractivity contribution in [3.05, 3.63) is 35.4 Å². The van der Waals surface area contributed by atoms with Crippen LogP contribution in [0.5, 0.6) is 0 Å². The molecule has 1 aromatic rings. The Hall–Kier alpha value is -1.92. The SMILES string of the molecule is Cc1ccc(CCN2C[C@H](C(=O)N3CCC4(CC3)OCCO4)CC2=O)cc1. The van der Waals surface area contributed by atoms with Gasteiger partial charge in [-0.25, -0.2) is 0 Å². The molecule has 6 heteroatoms. The first-order valence-electron chi connectivity index (χ1n) is 9.95. The molecule has 1 spiro atoms. The number of benzene rings is 1. The van der Waals surface area contributed by atoms with Crippen molar-refractivity contribution in [3.63, 3.8) is 0 Å². The van der Waals surface area contributed by atoms with Gasteiger partial charge in [-0.1, -0.05) is 29.8 Å². The highest BCUT2D eigenvalue weighted by Crippen LogP contribution is 2.32. The maximum atomic E-state index is 12.9. The van der Waals surface area contributed by atoms with Crippen molar-refractivity contribution >= 4 is 11.8 Å². The third kappa shape index (κ3) is 4.01. The molecule has 1 aromatic carbocycles. The third-order valence-corrected chi connectivity index (χ3v) is 6.01. The van der Waals surface area contributed by atoms with Gasteiger partial charge in [0.1, 0.15) is 0 Å². The molecule has 0 radical (unpaired) electrons. The van der Waals surface area contributed by atoms with Gasteiger partial charge >= 0.3 is 0 Å². The zero-order valence-electron chi connectivity index (χ0n) is 16.0. The lowest BCUT2D eigenvalue weighted by Crippen LogP contribution is -2.49. The van der Waals surface area contributed by atoms with Gasteiger partial charge in [0.15, 0.2) is 5.79 Å². The Morgan fingerprint density at radius 1 is 1.15 bits per heavy atom. The van der Waals surface area contributed by atoms with E-state index in [4.69, 9.17) is 9.47 Å². The lowest BCUT2D eigenvalue weighted by Gasteiger charge is -2.38. The maximum Gasteiger partial charge on any atom is 0.228 e. The number of amides is 2. The highest BCUT2D eigenvalue weighted by atomic mass is 16.7. The fourth-order valence-electron chi connectivity index (χ4n) is 4.28. The number of likely N-dealkylation sites (tertiary alicyclic amines) is 2. The quantitative estimate of drug-likeness (QED) is 0.808. The molecule has 0 bridgehead atoms. The molecule has 0 saturated carbocycles. The molecular formula is C21H28N2O4. The summed E-state index contributed by atoms with van der Waals surface area (Å²) in [5.74, 6) is -0.483. The van der Waals surface area contributed by atoms with Crippen LogP contribution in [0, 0.1) is 12.8 Å². The van der Waals surface area contributed by atoms with Crippen molar-refractivity contribution in [2.24, 2.45) is 5.92 Å². The fraction of sp³-hybridized carbons (Fsp3) is 0.619. The number of nitrogens with zero attached hydrogens (tertiary/aromatic N) is 2. The van der Waals surface area contributed by atoms with Crippen molar-refractivity contribution in [2.45, 2.75) is 38.4 Å². The van der Waals surface area contributed by atoms with Gasteiger partial charge in [-0.15, -0.1) is 0 Å². The average Bonchev–Trinajstić information content (AvgIpc) is 3.28. The van der Waals surface area contributed by atoms with E-state index in [0.717, 1.165) is 19.3 Å². The molecule has 0 N–H and O–H groups in total. The van der Waals surface area contributed by atoms with E-state index in [9.17, 15) is 9.59 Å². The van der Waals surface area contributed by atoms with Crippen LogP contribution in [0.3, 0.4) is 0 Å². The molecule has 27 heavy (non-hydrogen) atoms. The Kier molecular flexibility index (Phi) is 5.19. The molecule has 3 fully saturated rings. The van der Waals surface area contributed by atoms with Crippen LogP contribution in [0.4, 0.5) is 0 Å². The summed E-state index contributed by atoms with van der Waals surface area (Å²) < 4.78 is 11.5. The molecular weight excluding hydrogens is 344 g/mol. The van der Waals surface area contributed by atoms with Crippen LogP contribution in [0.2, 0.25) is 0 Å². The van der Waals surface area contributed by atoms with Gasteiger partial charge in [-0.05, 0) is 18.9 Å². The van der Waals surface area contributed by atoms with E-state index in [0.29, 0.717) is 45.8 Å². The molecule has 3 aliphatic heterocycles. The smallest absolute Gasteiger partial charge is 0.228 e. The van der Waals surface area contributed by atoms with Crippen LogP contribution in [0.1, 0.15) is 30.4 Å². The second kappa shape index (κ2) is 7.60. The van der Waals surface area contributed by atoms with Crippen LogP contribution in [-0.4, -0.2) is 66.8 Å². The monoisotopic (exact) mass is 372 g/mol.